The number of benzene rings is 3. The maximum atomic E-state index is 14.6. The summed E-state index contributed by atoms with van der Waals surface area (Å²) in [6.45, 7) is 0.0112. The molecule has 1 aliphatic heterocycles. The molecule has 0 bridgehead atoms. The van der Waals surface area contributed by atoms with Crippen molar-refractivity contribution in [3.8, 4) is 11.3 Å². The number of fused-ring (bicyclic) bond motifs is 2. The number of sulfonamides is 1. The first kappa shape index (κ1) is 26.5. The number of aliphatic hydroxyl groups excluding tert-OH is 1. The molecule has 1 saturated carbocycles. The Morgan fingerprint density at radius 1 is 1.00 bits per heavy atom. The fourth-order valence-corrected chi connectivity index (χ4v) is 6.83. The molecule has 11 heteroatoms. The molecule has 6 rings (SSSR count). The van der Waals surface area contributed by atoms with Crippen LogP contribution < -0.4 is 4.72 Å². The maximum Gasteiger partial charge on any atom is 0.256 e. The highest BCUT2D eigenvalue weighted by Gasteiger charge is 2.37. The summed E-state index contributed by atoms with van der Waals surface area (Å²) in [7, 11) is -3.74. The van der Waals surface area contributed by atoms with E-state index in [4.69, 9.17) is 0 Å². The largest absolute Gasteiger partial charge is 0.369 e. The van der Waals surface area contributed by atoms with Gasteiger partial charge < -0.3 is 15.0 Å². The predicted octanol–water partition coefficient (Wildman–Crippen LogP) is 4.81. The van der Waals surface area contributed by atoms with Crippen LogP contribution in [0.15, 0.2) is 60.7 Å². The third-order valence-electron chi connectivity index (χ3n) is 7.86. The predicted molar refractivity (Wildman–Crippen MR) is 143 cm³/mol. The minimum absolute atomic E-state index is 0.00698. The van der Waals surface area contributed by atoms with Crippen LogP contribution in [0.5, 0.6) is 0 Å². The van der Waals surface area contributed by atoms with Crippen molar-refractivity contribution in [1.29, 1.82) is 0 Å². The molecular formula is C29H26F3N3O4S. The molecule has 7 nitrogen and oxygen atoms in total. The topological polar surface area (TPSA) is 102 Å². The van der Waals surface area contributed by atoms with E-state index in [1.54, 1.807) is 36.4 Å². The second-order valence-electron chi connectivity index (χ2n) is 10.4. The Hall–Kier alpha value is -3.67. The van der Waals surface area contributed by atoms with Crippen molar-refractivity contribution < 1.29 is 31.5 Å². The zero-order valence-corrected chi connectivity index (χ0v) is 22.0. The van der Waals surface area contributed by atoms with Gasteiger partial charge in [-0.25, -0.2) is 26.3 Å². The zero-order valence-electron chi connectivity index (χ0n) is 21.2. The lowest BCUT2D eigenvalue weighted by atomic mass is 9.70. The Balaban J connectivity index is 1.12. The third kappa shape index (κ3) is 4.78. The number of amides is 1. The standard InChI is InChI=1S/C29H26F3N3O4S/c30-19-7-5-17(6-8-19)26-25(23-13-20(31)14-24(32)27(23)34-26)18-11-16(12-18)15-33-40(38,39)10-9-35-28(36)21-3-1-2-4-22(21)29(35)37/h1-8,13-14,16,18,28,33-34,36H,9-12,15H2/t16-,18-,28?. The molecular weight excluding hydrogens is 543 g/mol. The number of nitrogens with one attached hydrogen (secondary N) is 2. The molecule has 0 spiro atoms. The molecule has 208 valence electrons. The van der Waals surface area contributed by atoms with Crippen LogP contribution in [0.25, 0.3) is 22.2 Å². The first-order chi connectivity index (χ1) is 19.1. The van der Waals surface area contributed by atoms with Gasteiger partial charge in [-0.3, -0.25) is 4.79 Å². The lowest BCUT2D eigenvalue weighted by Gasteiger charge is -2.36. The highest BCUT2D eigenvalue weighted by Crippen LogP contribution is 2.48. The number of hydrogen-bond acceptors (Lipinski definition) is 4. The van der Waals surface area contributed by atoms with Crippen molar-refractivity contribution in [2.45, 2.75) is 25.0 Å². The Morgan fingerprint density at radius 2 is 1.73 bits per heavy atom. The molecule has 2 heterocycles. The van der Waals surface area contributed by atoms with Crippen molar-refractivity contribution >= 4 is 26.8 Å². The lowest BCUT2D eigenvalue weighted by Crippen LogP contribution is -2.40. The SMILES string of the molecule is O=C1c2ccccc2C(O)N1CCS(=O)(=O)NC[C@H]1C[C@H](c2c(-c3ccc(F)cc3)[nH]c3c(F)cc(F)cc32)C1. The first-order valence-electron chi connectivity index (χ1n) is 12.9. The molecule has 1 atom stereocenters. The molecule has 40 heavy (non-hydrogen) atoms. The van der Waals surface area contributed by atoms with Crippen LogP contribution >= 0.6 is 0 Å². The van der Waals surface area contributed by atoms with Gasteiger partial charge in [0.05, 0.1) is 17.0 Å². The van der Waals surface area contributed by atoms with E-state index in [2.05, 4.69) is 9.71 Å². The van der Waals surface area contributed by atoms with Crippen molar-refractivity contribution in [3.63, 3.8) is 0 Å². The summed E-state index contributed by atoms with van der Waals surface area (Å²) < 4.78 is 70.3. The van der Waals surface area contributed by atoms with Crippen LogP contribution in [0, 0.1) is 23.4 Å². The number of H-pyrrole nitrogens is 1. The third-order valence-corrected chi connectivity index (χ3v) is 9.19. The van der Waals surface area contributed by atoms with Crippen LogP contribution in [0.2, 0.25) is 0 Å². The molecule has 1 aromatic heterocycles. The maximum absolute atomic E-state index is 14.6. The van der Waals surface area contributed by atoms with E-state index in [-0.39, 0.29) is 36.2 Å². The van der Waals surface area contributed by atoms with Gasteiger partial charge in [-0.15, -0.1) is 0 Å². The van der Waals surface area contributed by atoms with Crippen LogP contribution in [-0.2, 0) is 10.0 Å². The Labute approximate surface area is 228 Å². The summed E-state index contributed by atoms with van der Waals surface area (Å²) >= 11 is 0. The summed E-state index contributed by atoms with van der Waals surface area (Å²) in [6, 6.07) is 14.4. The second-order valence-corrected chi connectivity index (χ2v) is 12.3. The van der Waals surface area contributed by atoms with E-state index >= 15 is 0 Å². The normalized spacial score (nSPS) is 20.6. The molecule has 1 unspecified atom stereocenters. The highest BCUT2D eigenvalue weighted by atomic mass is 32.2. The molecule has 0 radical (unpaired) electrons. The molecule has 4 aromatic rings. The van der Waals surface area contributed by atoms with Crippen LogP contribution in [0.1, 0.15) is 46.5 Å². The zero-order chi connectivity index (χ0) is 28.2. The van der Waals surface area contributed by atoms with Gasteiger partial charge in [0.1, 0.15) is 17.5 Å². The number of halogens is 3. The fourth-order valence-electron chi connectivity index (χ4n) is 5.76. The van der Waals surface area contributed by atoms with E-state index in [1.807, 2.05) is 0 Å². The minimum atomic E-state index is -3.74. The second kappa shape index (κ2) is 10.1. The number of aliphatic hydroxyl groups is 1. The van der Waals surface area contributed by atoms with E-state index in [0.717, 1.165) is 16.5 Å². The van der Waals surface area contributed by atoms with E-state index in [0.29, 0.717) is 40.6 Å². The quantitative estimate of drug-likeness (QED) is 0.283. The van der Waals surface area contributed by atoms with Gasteiger partial charge in [0, 0.05) is 35.7 Å². The molecule has 0 saturated heterocycles. The number of hydrogen-bond donors (Lipinski definition) is 3. The van der Waals surface area contributed by atoms with Gasteiger partial charge in [-0.1, -0.05) is 18.2 Å². The van der Waals surface area contributed by atoms with Gasteiger partial charge >= 0.3 is 0 Å². The highest BCUT2D eigenvalue weighted by molar-refractivity contribution is 7.89. The number of nitrogens with zero attached hydrogens (tertiary/aromatic N) is 1. The van der Waals surface area contributed by atoms with E-state index < -0.39 is 39.6 Å². The number of aromatic nitrogens is 1. The van der Waals surface area contributed by atoms with Crippen LogP contribution in [-0.4, -0.2) is 48.2 Å². The van der Waals surface area contributed by atoms with Crippen molar-refractivity contribution in [2.24, 2.45) is 5.92 Å². The van der Waals surface area contributed by atoms with Gasteiger partial charge in [-0.2, -0.15) is 0 Å². The van der Waals surface area contributed by atoms with Gasteiger partial charge in [-0.05, 0) is 72.2 Å². The molecule has 3 N–H and O–H groups in total. The smallest absolute Gasteiger partial charge is 0.256 e. The number of rotatable bonds is 8. The molecule has 1 aliphatic carbocycles. The van der Waals surface area contributed by atoms with Crippen LogP contribution in [0.4, 0.5) is 13.2 Å². The van der Waals surface area contributed by atoms with E-state index in [1.165, 1.54) is 18.2 Å². The number of aromatic amines is 1. The number of carbonyl (C=O) groups excluding carboxylic acids is 1. The summed E-state index contributed by atoms with van der Waals surface area (Å²) in [4.78, 5) is 16.7. The van der Waals surface area contributed by atoms with Gasteiger partial charge in [0.25, 0.3) is 5.91 Å². The van der Waals surface area contributed by atoms with Gasteiger partial charge in [0.2, 0.25) is 10.0 Å². The summed E-state index contributed by atoms with van der Waals surface area (Å²) in [5, 5.41) is 10.9. The first-order valence-corrected chi connectivity index (χ1v) is 14.6. The lowest BCUT2D eigenvalue weighted by molar-refractivity contribution is 0.0206. The summed E-state index contributed by atoms with van der Waals surface area (Å²) in [6.07, 6.45) is -0.0200. The molecule has 3 aromatic carbocycles. The van der Waals surface area contributed by atoms with Crippen molar-refractivity contribution in [2.75, 3.05) is 18.8 Å². The van der Waals surface area contributed by atoms with Crippen LogP contribution in [0.3, 0.4) is 0 Å². The monoisotopic (exact) mass is 569 g/mol. The number of carbonyl (C=O) groups is 1. The Kier molecular flexibility index (Phi) is 6.68. The van der Waals surface area contributed by atoms with Crippen molar-refractivity contribution in [3.05, 3.63) is 94.8 Å². The average Bonchev–Trinajstić information content (AvgIpc) is 3.38. The van der Waals surface area contributed by atoms with Crippen molar-refractivity contribution in [1.82, 2.24) is 14.6 Å². The Bertz CT molecular complexity index is 1720. The summed E-state index contributed by atoms with van der Waals surface area (Å²) in [5.41, 5.74) is 2.92. The molecule has 1 amide bonds. The molecule has 1 fully saturated rings. The molecule has 2 aliphatic rings. The summed E-state index contributed by atoms with van der Waals surface area (Å²) in [5.74, 6) is -2.71. The van der Waals surface area contributed by atoms with E-state index in [9.17, 15) is 31.5 Å². The fraction of sp³-hybridized carbons (Fsp3) is 0.276. The van der Waals surface area contributed by atoms with Gasteiger partial charge in [0.15, 0.2) is 6.23 Å². The Morgan fingerprint density at radius 3 is 2.45 bits per heavy atom. The average molecular weight is 570 g/mol. The minimum Gasteiger partial charge on any atom is -0.369 e.